The van der Waals surface area contributed by atoms with E-state index in [4.69, 9.17) is 0 Å². The van der Waals surface area contributed by atoms with Crippen LogP contribution in [-0.2, 0) is 12.8 Å². The van der Waals surface area contributed by atoms with E-state index in [0.29, 0.717) is 11.8 Å². The van der Waals surface area contributed by atoms with Gasteiger partial charge in [0, 0.05) is 11.9 Å². The van der Waals surface area contributed by atoms with E-state index in [1.54, 1.807) is 17.7 Å². The molecule has 160 valence electrons. The summed E-state index contributed by atoms with van der Waals surface area (Å²) in [6, 6.07) is 12.8. The largest absolute Gasteiger partial charge is 0.261 e. The van der Waals surface area contributed by atoms with Gasteiger partial charge in [0.05, 0.1) is 17.6 Å². The molecule has 2 aliphatic carbocycles. The van der Waals surface area contributed by atoms with Crippen LogP contribution in [0, 0.1) is 23.1 Å². The Labute approximate surface area is 184 Å². The zero-order valence-electron chi connectivity index (χ0n) is 18.4. The van der Waals surface area contributed by atoms with Crippen molar-refractivity contribution in [3.63, 3.8) is 0 Å². The third-order valence-electron chi connectivity index (χ3n) is 7.61. The van der Waals surface area contributed by atoms with Crippen LogP contribution in [0.15, 0.2) is 60.4 Å². The molecule has 3 atom stereocenters. The maximum Gasteiger partial charge on any atom is 0.123 e. The number of hydrogen-bond donors (Lipinski definition) is 0. The predicted molar refractivity (Wildman–Crippen MR) is 122 cm³/mol. The molecule has 0 amide bonds. The number of hydrogen-bond acceptors (Lipinski definition) is 2. The number of halogens is 1. The van der Waals surface area contributed by atoms with Crippen molar-refractivity contribution < 1.29 is 4.39 Å². The number of benzene rings is 1. The van der Waals surface area contributed by atoms with Gasteiger partial charge in [0.2, 0.25) is 0 Å². The van der Waals surface area contributed by atoms with Gasteiger partial charge in [-0.2, -0.15) is 5.10 Å². The molecule has 1 saturated carbocycles. The maximum absolute atomic E-state index is 13.4. The van der Waals surface area contributed by atoms with Gasteiger partial charge in [-0.25, -0.2) is 9.07 Å². The van der Waals surface area contributed by atoms with Crippen LogP contribution in [0.5, 0.6) is 0 Å². The average molecular weight is 416 g/mol. The van der Waals surface area contributed by atoms with Crippen LogP contribution in [0.25, 0.3) is 11.8 Å². The normalized spacial score (nSPS) is 23.2. The second kappa shape index (κ2) is 8.07. The summed E-state index contributed by atoms with van der Waals surface area (Å²) < 4.78 is 15.3. The van der Waals surface area contributed by atoms with E-state index >= 15 is 0 Å². The Balaban J connectivity index is 1.32. The number of fused-ring (bicyclic) bond motifs is 2. The van der Waals surface area contributed by atoms with Crippen molar-refractivity contribution in [2.24, 2.45) is 17.3 Å². The Morgan fingerprint density at radius 3 is 2.81 bits per heavy atom. The molecule has 0 bridgehead atoms. The van der Waals surface area contributed by atoms with Gasteiger partial charge in [-0.1, -0.05) is 31.9 Å². The molecular weight excluding hydrogens is 385 g/mol. The van der Waals surface area contributed by atoms with E-state index in [9.17, 15) is 4.39 Å². The molecule has 2 heterocycles. The Morgan fingerprint density at radius 2 is 2.03 bits per heavy atom. The molecule has 1 fully saturated rings. The first-order chi connectivity index (χ1) is 15.0. The van der Waals surface area contributed by atoms with Gasteiger partial charge < -0.3 is 0 Å². The fourth-order valence-corrected chi connectivity index (χ4v) is 5.93. The summed E-state index contributed by atoms with van der Waals surface area (Å²) in [5.41, 5.74) is 6.37. The summed E-state index contributed by atoms with van der Waals surface area (Å²) in [4.78, 5) is 4.47. The van der Waals surface area contributed by atoms with Crippen LogP contribution < -0.4 is 0 Å². The third-order valence-corrected chi connectivity index (χ3v) is 7.61. The van der Waals surface area contributed by atoms with Gasteiger partial charge in [-0.3, -0.25) is 4.98 Å². The number of aryl methyl sites for hydroxylation is 1. The number of rotatable bonds is 6. The van der Waals surface area contributed by atoms with Crippen LogP contribution >= 0.6 is 0 Å². The van der Waals surface area contributed by atoms with Gasteiger partial charge in [0.1, 0.15) is 5.82 Å². The van der Waals surface area contributed by atoms with E-state index in [0.717, 1.165) is 18.5 Å². The lowest BCUT2D eigenvalue weighted by Gasteiger charge is -2.39. The van der Waals surface area contributed by atoms with Crippen LogP contribution in [0.3, 0.4) is 0 Å². The first-order valence-electron chi connectivity index (χ1n) is 11.5. The number of nitrogens with zero attached hydrogens (tertiary/aromatic N) is 3. The Kier molecular flexibility index (Phi) is 5.25. The minimum Gasteiger partial charge on any atom is -0.261 e. The first kappa shape index (κ1) is 20.2. The summed E-state index contributed by atoms with van der Waals surface area (Å²) >= 11 is 0. The van der Waals surface area contributed by atoms with Crippen LogP contribution in [0.1, 0.15) is 56.5 Å². The predicted octanol–water partition coefficient (Wildman–Crippen LogP) is 6.42. The minimum absolute atomic E-state index is 0.216. The molecule has 0 saturated heterocycles. The monoisotopic (exact) mass is 415 g/mol. The van der Waals surface area contributed by atoms with E-state index in [-0.39, 0.29) is 11.2 Å². The summed E-state index contributed by atoms with van der Waals surface area (Å²) in [7, 11) is 0. The molecule has 2 aromatic heterocycles. The highest BCUT2D eigenvalue weighted by Gasteiger charge is 2.47. The van der Waals surface area contributed by atoms with E-state index in [2.05, 4.69) is 42.1 Å². The molecule has 5 rings (SSSR count). The lowest BCUT2D eigenvalue weighted by atomic mass is 9.65. The second-order valence-electron chi connectivity index (χ2n) is 9.54. The maximum atomic E-state index is 13.4. The molecule has 3 aromatic rings. The number of aromatic nitrogens is 3. The molecule has 4 heteroatoms. The van der Waals surface area contributed by atoms with Crippen molar-refractivity contribution in [3.05, 3.63) is 83.2 Å². The summed E-state index contributed by atoms with van der Waals surface area (Å²) in [6.07, 6.45) is 13.2. The van der Waals surface area contributed by atoms with Crippen LogP contribution in [0.4, 0.5) is 4.39 Å². The SMILES string of the molecule is CC(CCCc1ccccn1)[C@H]1CCC2=Cc3c(cnn3-c3ccc(F)cc3)C[C@@]21C. The Morgan fingerprint density at radius 1 is 1.19 bits per heavy atom. The number of pyridine rings is 1. The van der Waals surface area contributed by atoms with E-state index < -0.39 is 0 Å². The molecule has 0 aliphatic heterocycles. The Hall–Kier alpha value is -2.75. The highest BCUT2D eigenvalue weighted by Crippen LogP contribution is 2.56. The molecule has 3 nitrogen and oxygen atoms in total. The lowest BCUT2D eigenvalue weighted by molar-refractivity contribution is 0.185. The average Bonchev–Trinajstić information content (AvgIpc) is 3.32. The van der Waals surface area contributed by atoms with Gasteiger partial charge in [-0.15, -0.1) is 0 Å². The molecule has 0 N–H and O–H groups in total. The first-order valence-corrected chi connectivity index (χ1v) is 11.5. The molecule has 1 aromatic carbocycles. The molecule has 0 spiro atoms. The minimum atomic E-state index is -0.216. The summed E-state index contributed by atoms with van der Waals surface area (Å²) in [5.74, 6) is 1.17. The van der Waals surface area contributed by atoms with Crippen molar-refractivity contribution in [3.8, 4) is 5.69 Å². The van der Waals surface area contributed by atoms with Gasteiger partial charge >= 0.3 is 0 Å². The van der Waals surface area contributed by atoms with Crippen LogP contribution in [0.2, 0.25) is 0 Å². The Bertz CT molecular complexity index is 1080. The van der Waals surface area contributed by atoms with Crippen molar-refractivity contribution in [1.82, 2.24) is 14.8 Å². The standard InChI is InChI=1S/C27H30FN3/c1-19(6-5-8-23-7-3-4-15-29-23)25-14-9-21-16-26-20(17-27(21,25)2)18-30-31(26)24-12-10-22(28)11-13-24/h3-4,7,10-13,15-16,18-19,25H,5-6,8-9,14,17H2,1-2H3/t19?,25-,27+/m1/s1. The molecule has 1 unspecified atom stereocenters. The molecule has 31 heavy (non-hydrogen) atoms. The fraction of sp³-hybridized carbons (Fsp3) is 0.407. The number of allylic oxidation sites excluding steroid dienone is 1. The second-order valence-corrected chi connectivity index (χ2v) is 9.54. The summed E-state index contributed by atoms with van der Waals surface area (Å²) in [5, 5.41) is 4.65. The van der Waals surface area contributed by atoms with Gasteiger partial charge in [0.15, 0.2) is 0 Å². The van der Waals surface area contributed by atoms with Crippen molar-refractivity contribution in [2.45, 2.75) is 52.4 Å². The smallest absolute Gasteiger partial charge is 0.123 e. The van der Waals surface area contributed by atoms with Crippen molar-refractivity contribution >= 4 is 6.08 Å². The molecule has 0 radical (unpaired) electrons. The topological polar surface area (TPSA) is 30.7 Å². The van der Waals surface area contributed by atoms with Gasteiger partial charge in [0.25, 0.3) is 0 Å². The van der Waals surface area contributed by atoms with Gasteiger partial charge in [-0.05, 0) is 97.4 Å². The van der Waals surface area contributed by atoms with E-state index in [1.807, 2.05) is 23.1 Å². The zero-order chi connectivity index (χ0) is 21.4. The third kappa shape index (κ3) is 3.73. The van der Waals surface area contributed by atoms with E-state index in [1.165, 1.54) is 54.8 Å². The quantitative estimate of drug-likeness (QED) is 0.465. The van der Waals surface area contributed by atoms with Crippen molar-refractivity contribution in [1.29, 1.82) is 0 Å². The zero-order valence-corrected chi connectivity index (χ0v) is 18.4. The van der Waals surface area contributed by atoms with Crippen molar-refractivity contribution in [2.75, 3.05) is 0 Å². The fourth-order valence-electron chi connectivity index (χ4n) is 5.93. The highest BCUT2D eigenvalue weighted by molar-refractivity contribution is 5.61. The van der Waals surface area contributed by atoms with Crippen LogP contribution in [-0.4, -0.2) is 14.8 Å². The molecule has 2 aliphatic rings. The summed E-state index contributed by atoms with van der Waals surface area (Å²) in [6.45, 7) is 4.90. The molecular formula is C27H30FN3. The highest BCUT2D eigenvalue weighted by atomic mass is 19.1. The lowest BCUT2D eigenvalue weighted by Crippen LogP contribution is -2.32.